The molecule has 5 N–H and O–H groups in total. The maximum Gasteiger partial charge on any atom is 0.337 e. The second-order valence-electron chi connectivity index (χ2n) is 4.09. The number of hydrogen-bond donors (Lipinski definition) is 5. The largest absolute Gasteiger partial charge is 0.467 e. The van der Waals surface area contributed by atoms with Gasteiger partial charge in [-0.05, 0) is 0 Å². The third kappa shape index (κ3) is 7.76. The molecule has 0 aliphatic carbocycles. The molecule has 0 unspecified atom stereocenters. The summed E-state index contributed by atoms with van der Waals surface area (Å²) in [5.41, 5.74) is 0. The van der Waals surface area contributed by atoms with E-state index in [1.54, 1.807) is 0 Å². The Bertz CT molecular complexity index is 314. The van der Waals surface area contributed by atoms with Gasteiger partial charge >= 0.3 is 5.97 Å². The standard InChI is InChI=1S/C12H24O12/c1-19-12(18)11(24-7-17)10(23-6-16)9(22-5-15)8(21-4-14)2-20-3-13/h8-11,13-17H,2-7H2,1H3/t8-,9-,10+,11-/m1/s1. The number of aliphatic hydroxyl groups is 5. The van der Waals surface area contributed by atoms with Gasteiger partial charge in [-0.15, -0.1) is 0 Å². The molecular formula is C12H24O12. The van der Waals surface area contributed by atoms with Crippen LogP contribution in [-0.4, -0.2) is 104 Å². The van der Waals surface area contributed by atoms with Crippen LogP contribution in [0.2, 0.25) is 0 Å². The zero-order valence-corrected chi connectivity index (χ0v) is 13.1. The third-order valence-corrected chi connectivity index (χ3v) is 2.87. The Kier molecular flexibility index (Phi) is 13.9. The van der Waals surface area contributed by atoms with E-state index in [1.165, 1.54) is 0 Å². The number of hydrogen-bond acceptors (Lipinski definition) is 12. The normalized spacial score (nSPS) is 16.4. The van der Waals surface area contributed by atoms with E-state index in [9.17, 15) is 4.79 Å². The molecule has 4 atom stereocenters. The van der Waals surface area contributed by atoms with Gasteiger partial charge in [0.25, 0.3) is 0 Å². The van der Waals surface area contributed by atoms with Gasteiger partial charge in [0.15, 0.2) is 6.10 Å². The summed E-state index contributed by atoms with van der Waals surface area (Å²) < 4.78 is 29.2. The number of esters is 1. The number of aliphatic hydroxyl groups excluding tert-OH is 5. The molecule has 12 nitrogen and oxygen atoms in total. The predicted octanol–water partition coefficient (Wildman–Crippen LogP) is -3.53. The summed E-state index contributed by atoms with van der Waals surface area (Å²) >= 11 is 0. The highest BCUT2D eigenvalue weighted by Crippen LogP contribution is 2.19. The predicted molar refractivity (Wildman–Crippen MR) is 72.9 cm³/mol. The molecule has 0 radical (unpaired) electrons. The Morgan fingerprint density at radius 3 is 1.79 bits per heavy atom. The summed E-state index contributed by atoms with van der Waals surface area (Å²) in [7, 11) is 1.06. The van der Waals surface area contributed by atoms with Gasteiger partial charge in [-0.3, -0.25) is 0 Å². The Morgan fingerprint density at radius 1 is 0.792 bits per heavy atom. The van der Waals surface area contributed by atoms with Gasteiger partial charge in [-0.2, -0.15) is 0 Å². The highest BCUT2D eigenvalue weighted by atomic mass is 16.7. The monoisotopic (exact) mass is 360 g/mol. The number of methoxy groups -OCH3 is 1. The van der Waals surface area contributed by atoms with Crippen molar-refractivity contribution in [2.75, 3.05) is 47.7 Å². The van der Waals surface area contributed by atoms with Gasteiger partial charge in [-0.25, -0.2) is 4.79 Å². The minimum Gasteiger partial charge on any atom is -0.467 e. The Morgan fingerprint density at radius 2 is 1.33 bits per heavy atom. The zero-order valence-electron chi connectivity index (χ0n) is 13.1. The highest BCUT2D eigenvalue weighted by Gasteiger charge is 2.42. The van der Waals surface area contributed by atoms with Crippen LogP contribution in [-0.2, 0) is 33.2 Å². The highest BCUT2D eigenvalue weighted by molar-refractivity contribution is 5.75. The first-order valence-corrected chi connectivity index (χ1v) is 6.77. The summed E-state index contributed by atoms with van der Waals surface area (Å²) in [4.78, 5) is 11.8. The SMILES string of the molecule is COC(=O)[C@H](OCO)[C@@H](OCO)[C@H](OCO)[C@@H](COCO)OCO. The molecule has 0 rings (SSSR count). The first-order valence-electron chi connectivity index (χ1n) is 6.77. The molecule has 0 aliphatic rings. The number of carbonyl (C=O) groups is 1. The molecule has 0 fully saturated rings. The molecule has 0 saturated heterocycles. The maximum absolute atomic E-state index is 11.8. The van der Waals surface area contributed by atoms with Crippen molar-refractivity contribution < 1.29 is 58.7 Å². The van der Waals surface area contributed by atoms with Crippen LogP contribution in [0.5, 0.6) is 0 Å². The van der Waals surface area contributed by atoms with Crippen LogP contribution < -0.4 is 0 Å². The van der Waals surface area contributed by atoms with Gasteiger partial charge in [0, 0.05) is 0 Å². The number of ether oxygens (including phenoxy) is 6. The first kappa shape index (κ1) is 23.1. The molecule has 144 valence electrons. The lowest BCUT2D eigenvalue weighted by molar-refractivity contribution is -0.241. The van der Waals surface area contributed by atoms with E-state index in [-0.39, 0.29) is 6.61 Å². The molecule has 0 aromatic carbocycles. The van der Waals surface area contributed by atoms with Gasteiger partial charge in [0.05, 0.1) is 13.7 Å². The van der Waals surface area contributed by atoms with Crippen molar-refractivity contribution in [3.8, 4) is 0 Å². The number of rotatable bonds is 15. The van der Waals surface area contributed by atoms with Gasteiger partial charge < -0.3 is 54.0 Å². The van der Waals surface area contributed by atoms with Crippen molar-refractivity contribution in [1.29, 1.82) is 0 Å². The quantitative estimate of drug-likeness (QED) is 0.144. The van der Waals surface area contributed by atoms with Crippen molar-refractivity contribution in [3.63, 3.8) is 0 Å². The topological polar surface area (TPSA) is 174 Å². The lowest BCUT2D eigenvalue weighted by Crippen LogP contribution is -2.54. The van der Waals surface area contributed by atoms with E-state index < -0.39 is 64.3 Å². The molecular weight excluding hydrogens is 336 g/mol. The van der Waals surface area contributed by atoms with Crippen molar-refractivity contribution in [3.05, 3.63) is 0 Å². The minimum atomic E-state index is -1.55. The second kappa shape index (κ2) is 14.4. The average molecular weight is 360 g/mol. The molecule has 0 bridgehead atoms. The van der Waals surface area contributed by atoms with Crippen LogP contribution in [0.15, 0.2) is 0 Å². The fraction of sp³-hybridized carbons (Fsp3) is 0.917. The van der Waals surface area contributed by atoms with Gasteiger partial charge in [0.1, 0.15) is 52.3 Å². The summed E-state index contributed by atoms with van der Waals surface area (Å²) in [5.74, 6) is -0.958. The lowest BCUT2D eigenvalue weighted by atomic mass is 10.0. The van der Waals surface area contributed by atoms with E-state index in [1.807, 2.05) is 0 Å². The summed E-state index contributed by atoms with van der Waals surface area (Å²) in [6.07, 6.45) is -5.42. The van der Waals surface area contributed by atoms with Crippen molar-refractivity contribution in [2.45, 2.75) is 24.4 Å². The average Bonchev–Trinajstić information content (AvgIpc) is 2.59. The van der Waals surface area contributed by atoms with E-state index in [0.717, 1.165) is 7.11 Å². The molecule has 0 aromatic heterocycles. The molecule has 24 heavy (non-hydrogen) atoms. The zero-order chi connectivity index (χ0) is 18.4. The fourth-order valence-electron chi connectivity index (χ4n) is 1.94. The molecule has 12 heteroatoms. The molecule has 0 heterocycles. The van der Waals surface area contributed by atoms with Crippen LogP contribution in [0.4, 0.5) is 0 Å². The molecule has 0 aromatic rings. The Hall–Kier alpha value is -0.930. The smallest absolute Gasteiger partial charge is 0.337 e. The summed E-state index contributed by atoms with van der Waals surface area (Å²) in [5, 5.41) is 44.7. The second-order valence-corrected chi connectivity index (χ2v) is 4.09. The van der Waals surface area contributed by atoms with Crippen LogP contribution in [0.1, 0.15) is 0 Å². The Balaban J connectivity index is 5.51. The maximum atomic E-state index is 11.8. The van der Waals surface area contributed by atoms with Crippen LogP contribution in [0.25, 0.3) is 0 Å². The minimum absolute atomic E-state index is 0.319. The third-order valence-electron chi connectivity index (χ3n) is 2.87. The van der Waals surface area contributed by atoms with Crippen molar-refractivity contribution >= 4 is 5.97 Å². The van der Waals surface area contributed by atoms with Crippen LogP contribution in [0.3, 0.4) is 0 Å². The molecule has 0 aliphatic heterocycles. The lowest BCUT2D eigenvalue weighted by Gasteiger charge is -2.34. The Labute approximate surface area is 138 Å². The summed E-state index contributed by atoms with van der Waals surface area (Å²) in [6, 6.07) is 0. The molecule has 0 amide bonds. The first-order chi connectivity index (χ1) is 11.6. The van der Waals surface area contributed by atoms with Crippen molar-refractivity contribution in [1.82, 2.24) is 0 Å². The van der Waals surface area contributed by atoms with Gasteiger partial charge in [-0.1, -0.05) is 0 Å². The summed E-state index contributed by atoms with van der Waals surface area (Å²) in [6.45, 7) is -4.36. The van der Waals surface area contributed by atoms with Crippen molar-refractivity contribution in [2.24, 2.45) is 0 Å². The van der Waals surface area contributed by atoms with E-state index in [2.05, 4.69) is 4.74 Å². The van der Waals surface area contributed by atoms with Crippen LogP contribution in [0, 0.1) is 0 Å². The van der Waals surface area contributed by atoms with E-state index >= 15 is 0 Å². The molecule has 0 saturated carbocycles. The number of carbonyl (C=O) groups excluding carboxylic acids is 1. The van der Waals surface area contributed by atoms with Gasteiger partial charge in [0.2, 0.25) is 0 Å². The van der Waals surface area contributed by atoms with E-state index in [4.69, 9.17) is 49.2 Å². The van der Waals surface area contributed by atoms with E-state index in [0.29, 0.717) is 0 Å². The fourth-order valence-corrected chi connectivity index (χ4v) is 1.94. The van der Waals surface area contributed by atoms with Crippen LogP contribution >= 0.6 is 0 Å². The molecule has 0 spiro atoms.